The fourth-order valence-electron chi connectivity index (χ4n) is 4.12. The largest absolute Gasteiger partial charge is 0.454 e. The number of rotatable bonds is 7. The number of benzene rings is 2. The fraction of sp³-hybridized carbons (Fsp3) is 0.480. The molecule has 6 heteroatoms. The van der Waals surface area contributed by atoms with Gasteiger partial charge in [-0.2, -0.15) is 0 Å². The Labute approximate surface area is 183 Å². The van der Waals surface area contributed by atoms with Crippen molar-refractivity contribution in [3.63, 3.8) is 0 Å². The number of nitrogens with zero attached hydrogens (tertiary/aromatic N) is 1. The van der Waals surface area contributed by atoms with Crippen molar-refractivity contribution in [3.8, 4) is 0 Å². The molecule has 1 aliphatic rings. The van der Waals surface area contributed by atoms with Gasteiger partial charge in [-0.1, -0.05) is 56.3 Å². The molecule has 0 saturated carbocycles. The molecule has 2 aromatic rings. The zero-order valence-electron chi connectivity index (χ0n) is 18.6. The average molecular weight is 425 g/mol. The standard InChI is InChI=1S/C25H32N2O4/c1-17(2)24(25(30)31-16-23(29)27-14-7-6-9-18(27)3)26-22(28)15-20-12-8-11-19-10-4-5-13-21(19)20/h4-5,8,10-13,17-18,24H,6-7,9,14-16H2,1-3H3,(H,26,28)/t18-,24-/m0/s1. The predicted molar refractivity (Wildman–Crippen MR) is 120 cm³/mol. The minimum Gasteiger partial charge on any atom is -0.454 e. The highest BCUT2D eigenvalue weighted by atomic mass is 16.5. The molecular formula is C25H32N2O4. The number of carbonyl (C=O) groups is 3. The fourth-order valence-corrected chi connectivity index (χ4v) is 4.12. The normalized spacial score (nSPS) is 17.4. The maximum atomic E-state index is 12.7. The van der Waals surface area contributed by atoms with E-state index in [0.29, 0.717) is 6.54 Å². The number of amides is 2. The number of likely N-dealkylation sites (tertiary alicyclic amines) is 1. The van der Waals surface area contributed by atoms with Crippen LogP contribution < -0.4 is 5.32 Å². The van der Waals surface area contributed by atoms with Gasteiger partial charge >= 0.3 is 5.97 Å². The van der Waals surface area contributed by atoms with Gasteiger partial charge in [0.15, 0.2) is 6.61 Å². The van der Waals surface area contributed by atoms with Gasteiger partial charge in [0.1, 0.15) is 6.04 Å². The number of carbonyl (C=O) groups excluding carboxylic acids is 3. The van der Waals surface area contributed by atoms with Gasteiger partial charge < -0.3 is 15.0 Å². The van der Waals surface area contributed by atoms with E-state index in [9.17, 15) is 14.4 Å². The molecule has 1 N–H and O–H groups in total. The van der Waals surface area contributed by atoms with Crippen molar-refractivity contribution in [2.45, 2.75) is 58.5 Å². The summed E-state index contributed by atoms with van der Waals surface area (Å²) in [5.41, 5.74) is 0.903. The number of esters is 1. The third kappa shape index (κ3) is 5.84. The van der Waals surface area contributed by atoms with Gasteiger partial charge in [-0.15, -0.1) is 0 Å². The molecular weight excluding hydrogens is 392 g/mol. The van der Waals surface area contributed by atoms with E-state index in [1.54, 1.807) is 4.90 Å². The van der Waals surface area contributed by atoms with Crippen LogP contribution in [0.4, 0.5) is 0 Å². The van der Waals surface area contributed by atoms with Crippen LogP contribution in [-0.2, 0) is 25.5 Å². The number of hydrogen-bond donors (Lipinski definition) is 1. The second-order valence-corrected chi connectivity index (χ2v) is 8.64. The highest BCUT2D eigenvalue weighted by molar-refractivity contribution is 5.92. The van der Waals surface area contributed by atoms with E-state index in [1.807, 2.05) is 63.2 Å². The van der Waals surface area contributed by atoms with Gasteiger partial charge in [-0.25, -0.2) is 4.79 Å². The van der Waals surface area contributed by atoms with Crippen molar-refractivity contribution in [1.82, 2.24) is 10.2 Å². The molecule has 1 aliphatic heterocycles. The summed E-state index contributed by atoms with van der Waals surface area (Å²) in [6.45, 7) is 6.12. The van der Waals surface area contributed by atoms with Crippen LogP contribution in [0.15, 0.2) is 42.5 Å². The first kappa shape index (κ1) is 22.8. The summed E-state index contributed by atoms with van der Waals surface area (Å²) >= 11 is 0. The van der Waals surface area contributed by atoms with Gasteiger partial charge in [0.2, 0.25) is 5.91 Å². The molecule has 1 saturated heterocycles. The molecule has 0 aromatic heterocycles. The average Bonchev–Trinajstić information content (AvgIpc) is 2.76. The molecule has 3 rings (SSSR count). The third-order valence-electron chi connectivity index (χ3n) is 5.93. The molecule has 1 fully saturated rings. The van der Waals surface area contributed by atoms with Crippen molar-refractivity contribution >= 4 is 28.6 Å². The molecule has 2 amide bonds. The van der Waals surface area contributed by atoms with Gasteiger partial charge in [0, 0.05) is 12.6 Å². The van der Waals surface area contributed by atoms with Crippen LogP contribution >= 0.6 is 0 Å². The van der Waals surface area contributed by atoms with E-state index in [1.165, 1.54) is 0 Å². The quantitative estimate of drug-likeness (QED) is 0.691. The lowest BCUT2D eigenvalue weighted by Crippen LogP contribution is -2.48. The molecule has 0 unspecified atom stereocenters. The number of ether oxygens (including phenoxy) is 1. The molecule has 1 heterocycles. The van der Waals surface area contributed by atoms with Crippen LogP contribution in [0.2, 0.25) is 0 Å². The minimum atomic E-state index is -0.797. The van der Waals surface area contributed by atoms with Crippen molar-refractivity contribution in [1.29, 1.82) is 0 Å². The first-order chi connectivity index (χ1) is 14.9. The van der Waals surface area contributed by atoms with E-state index < -0.39 is 12.0 Å². The number of nitrogens with one attached hydrogen (secondary N) is 1. The highest BCUT2D eigenvalue weighted by Gasteiger charge is 2.28. The summed E-state index contributed by atoms with van der Waals surface area (Å²) in [7, 11) is 0. The van der Waals surface area contributed by atoms with Crippen molar-refractivity contribution in [3.05, 3.63) is 48.0 Å². The maximum absolute atomic E-state index is 12.7. The molecule has 6 nitrogen and oxygen atoms in total. The Balaban J connectivity index is 1.58. The van der Waals surface area contributed by atoms with Crippen molar-refractivity contribution < 1.29 is 19.1 Å². The summed E-state index contributed by atoms with van der Waals surface area (Å²) < 4.78 is 5.31. The van der Waals surface area contributed by atoms with Gasteiger partial charge in [-0.05, 0) is 48.4 Å². The van der Waals surface area contributed by atoms with Gasteiger partial charge in [-0.3, -0.25) is 9.59 Å². The summed E-state index contributed by atoms with van der Waals surface area (Å²) in [5.74, 6) is -1.15. The first-order valence-electron chi connectivity index (χ1n) is 11.1. The van der Waals surface area contributed by atoms with Crippen molar-refractivity contribution in [2.75, 3.05) is 13.2 Å². The lowest BCUT2D eigenvalue weighted by Gasteiger charge is -2.33. The van der Waals surface area contributed by atoms with Crippen LogP contribution in [0.3, 0.4) is 0 Å². The SMILES string of the molecule is CC(C)[C@H](NC(=O)Cc1cccc2ccccc12)C(=O)OCC(=O)N1CCCC[C@@H]1C. The molecule has 0 spiro atoms. The van der Waals surface area contributed by atoms with Crippen molar-refractivity contribution in [2.24, 2.45) is 5.92 Å². The van der Waals surface area contributed by atoms with Gasteiger partial charge in [0.25, 0.3) is 5.91 Å². The molecule has 31 heavy (non-hydrogen) atoms. The minimum absolute atomic E-state index is 0.159. The lowest BCUT2D eigenvalue weighted by atomic mass is 10.0. The summed E-state index contributed by atoms with van der Waals surface area (Å²) in [4.78, 5) is 39.6. The second-order valence-electron chi connectivity index (χ2n) is 8.64. The zero-order chi connectivity index (χ0) is 22.4. The van der Waals surface area contributed by atoms with E-state index >= 15 is 0 Å². The second kappa shape index (κ2) is 10.4. The molecule has 2 atom stereocenters. The van der Waals surface area contributed by atoms with E-state index in [0.717, 1.165) is 35.6 Å². The van der Waals surface area contributed by atoms with E-state index in [4.69, 9.17) is 4.74 Å². The Morgan fingerprint density at radius 3 is 2.58 bits per heavy atom. The predicted octanol–water partition coefficient (Wildman–Crippen LogP) is 3.47. The van der Waals surface area contributed by atoms with Crippen LogP contribution in [0.1, 0.15) is 45.6 Å². The monoisotopic (exact) mass is 424 g/mol. The van der Waals surface area contributed by atoms with Crippen LogP contribution in [0, 0.1) is 5.92 Å². The van der Waals surface area contributed by atoms with E-state index in [2.05, 4.69) is 5.32 Å². The summed E-state index contributed by atoms with van der Waals surface area (Å²) in [6, 6.07) is 13.1. The Morgan fingerprint density at radius 1 is 1.10 bits per heavy atom. The number of piperidine rings is 1. The Bertz CT molecular complexity index is 935. The maximum Gasteiger partial charge on any atom is 0.329 e. The first-order valence-corrected chi connectivity index (χ1v) is 11.1. The van der Waals surface area contributed by atoms with E-state index in [-0.39, 0.29) is 36.8 Å². The zero-order valence-corrected chi connectivity index (χ0v) is 18.6. The molecule has 166 valence electrons. The van der Waals surface area contributed by atoms with Gasteiger partial charge in [0.05, 0.1) is 6.42 Å². The van der Waals surface area contributed by atoms with Crippen LogP contribution in [-0.4, -0.2) is 47.9 Å². The summed E-state index contributed by atoms with van der Waals surface area (Å²) in [5, 5.41) is 4.89. The topological polar surface area (TPSA) is 75.7 Å². The Kier molecular flexibility index (Phi) is 7.66. The van der Waals surface area contributed by atoms with Crippen LogP contribution in [0.25, 0.3) is 10.8 Å². The number of fused-ring (bicyclic) bond motifs is 1. The molecule has 0 bridgehead atoms. The smallest absolute Gasteiger partial charge is 0.329 e. The lowest BCUT2D eigenvalue weighted by molar-refractivity contribution is -0.156. The highest BCUT2D eigenvalue weighted by Crippen LogP contribution is 2.19. The Hall–Kier alpha value is -2.89. The number of hydrogen-bond acceptors (Lipinski definition) is 4. The Morgan fingerprint density at radius 2 is 1.84 bits per heavy atom. The molecule has 0 aliphatic carbocycles. The molecule has 0 radical (unpaired) electrons. The molecule has 2 aromatic carbocycles. The van der Waals surface area contributed by atoms with Crippen LogP contribution in [0.5, 0.6) is 0 Å². The third-order valence-corrected chi connectivity index (χ3v) is 5.93. The summed E-state index contributed by atoms with van der Waals surface area (Å²) in [6.07, 6.45) is 3.23.